The largest absolute Gasteiger partial charge is 0.493 e. The van der Waals surface area contributed by atoms with Crippen LogP contribution in [-0.4, -0.2) is 43.8 Å². The Morgan fingerprint density at radius 3 is 2.86 bits per heavy atom. The Balaban J connectivity index is 1.28. The van der Waals surface area contributed by atoms with Gasteiger partial charge in [0.05, 0.1) is 31.3 Å². The molecule has 0 spiro atoms. The molecule has 0 aliphatic carbocycles. The molecule has 0 atom stereocenters. The fourth-order valence-electron chi connectivity index (χ4n) is 3.91. The molecule has 1 N–H and O–H groups in total. The molecule has 182 valence electrons. The van der Waals surface area contributed by atoms with Crippen LogP contribution in [0.1, 0.15) is 16.1 Å². The van der Waals surface area contributed by atoms with Crippen LogP contribution in [-0.2, 0) is 13.1 Å². The molecule has 12 heteroatoms. The lowest BCUT2D eigenvalue weighted by Gasteiger charge is -2.07. The van der Waals surface area contributed by atoms with Crippen molar-refractivity contribution in [3.8, 4) is 5.75 Å². The van der Waals surface area contributed by atoms with Gasteiger partial charge in [0.15, 0.2) is 22.7 Å². The van der Waals surface area contributed by atoms with Gasteiger partial charge in [-0.3, -0.25) is 24.3 Å². The van der Waals surface area contributed by atoms with Crippen LogP contribution in [0, 0.1) is 10.1 Å². The van der Waals surface area contributed by atoms with Crippen molar-refractivity contribution in [1.82, 2.24) is 24.6 Å². The number of hydrogen-bond donors (Lipinski definition) is 1. The van der Waals surface area contributed by atoms with Crippen molar-refractivity contribution >= 4 is 33.6 Å². The van der Waals surface area contributed by atoms with Crippen LogP contribution in [0.2, 0.25) is 0 Å². The van der Waals surface area contributed by atoms with Gasteiger partial charge in [-0.15, -0.1) is 0 Å². The summed E-state index contributed by atoms with van der Waals surface area (Å²) >= 11 is 0. The second-order valence-electron chi connectivity index (χ2n) is 7.95. The summed E-state index contributed by atoms with van der Waals surface area (Å²) in [5.41, 5.74) is 1.10. The van der Waals surface area contributed by atoms with E-state index in [9.17, 15) is 19.7 Å². The van der Waals surface area contributed by atoms with E-state index in [1.165, 1.54) is 41.0 Å². The highest BCUT2D eigenvalue weighted by Gasteiger charge is 2.16. The first-order valence-corrected chi connectivity index (χ1v) is 10.9. The Kier molecular flexibility index (Phi) is 5.90. The normalized spacial score (nSPS) is 11.1. The second-order valence-corrected chi connectivity index (χ2v) is 7.95. The third-order valence-corrected chi connectivity index (χ3v) is 5.66. The van der Waals surface area contributed by atoms with Gasteiger partial charge in [0.25, 0.3) is 17.2 Å². The van der Waals surface area contributed by atoms with E-state index in [4.69, 9.17) is 9.15 Å². The summed E-state index contributed by atoms with van der Waals surface area (Å²) in [6.07, 6.45) is 2.80. The third-order valence-electron chi connectivity index (χ3n) is 5.66. The van der Waals surface area contributed by atoms with Gasteiger partial charge >= 0.3 is 0 Å². The molecule has 0 aliphatic rings. The van der Waals surface area contributed by atoms with Crippen molar-refractivity contribution in [3.05, 3.63) is 92.8 Å². The lowest BCUT2D eigenvalue weighted by atomic mass is 10.2. The average molecular weight is 488 g/mol. The smallest absolute Gasteiger partial charge is 0.287 e. The number of nitrogens with zero attached hydrogens (tertiary/aromatic N) is 5. The molecular weight excluding hydrogens is 468 g/mol. The van der Waals surface area contributed by atoms with E-state index in [1.807, 2.05) is 12.1 Å². The summed E-state index contributed by atoms with van der Waals surface area (Å²) in [5, 5.41) is 19.1. The second kappa shape index (κ2) is 9.33. The fraction of sp³-hybridized carbons (Fsp3) is 0.167. The van der Waals surface area contributed by atoms with E-state index in [2.05, 4.69) is 15.4 Å². The topological polar surface area (TPSA) is 147 Å². The molecule has 0 unspecified atom stereocenters. The van der Waals surface area contributed by atoms with Crippen molar-refractivity contribution in [2.75, 3.05) is 13.7 Å². The molecule has 0 aliphatic heterocycles. The number of furan rings is 1. The maximum atomic E-state index is 12.9. The summed E-state index contributed by atoms with van der Waals surface area (Å²) in [4.78, 5) is 40.3. The lowest BCUT2D eigenvalue weighted by molar-refractivity contribution is -0.384. The lowest BCUT2D eigenvalue weighted by Crippen LogP contribution is -2.27. The number of nitrogens with one attached hydrogen (secondary N) is 1. The fourth-order valence-corrected chi connectivity index (χ4v) is 3.91. The van der Waals surface area contributed by atoms with Crippen LogP contribution in [0.25, 0.3) is 22.0 Å². The number of para-hydroxylation sites is 1. The molecule has 0 fully saturated rings. The molecule has 5 rings (SSSR count). The first-order valence-electron chi connectivity index (χ1n) is 10.9. The Morgan fingerprint density at radius 2 is 2.06 bits per heavy atom. The molecule has 5 aromatic rings. The quantitative estimate of drug-likeness (QED) is 0.259. The maximum absolute atomic E-state index is 12.9. The molecule has 0 bridgehead atoms. The van der Waals surface area contributed by atoms with E-state index in [1.54, 1.807) is 24.3 Å². The molecule has 3 heterocycles. The van der Waals surface area contributed by atoms with Crippen molar-refractivity contribution < 1.29 is 18.9 Å². The number of non-ortho nitro benzene ring substituents is 1. The minimum atomic E-state index is -0.485. The number of carbonyl (C=O) groups is 1. The van der Waals surface area contributed by atoms with Crippen molar-refractivity contribution in [1.29, 1.82) is 0 Å². The molecule has 0 radical (unpaired) electrons. The first-order chi connectivity index (χ1) is 17.4. The van der Waals surface area contributed by atoms with E-state index < -0.39 is 10.8 Å². The number of nitro benzene ring substituents is 1. The van der Waals surface area contributed by atoms with Crippen LogP contribution in [0.15, 0.2) is 70.3 Å². The molecule has 0 saturated heterocycles. The van der Waals surface area contributed by atoms with Gasteiger partial charge in [-0.1, -0.05) is 24.3 Å². The van der Waals surface area contributed by atoms with Crippen LogP contribution >= 0.6 is 0 Å². The number of amides is 1. The van der Waals surface area contributed by atoms with Crippen LogP contribution in [0.4, 0.5) is 5.69 Å². The van der Waals surface area contributed by atoms with E-state index in [-0.39, 0.29) is 36.6 Å². The molecule has 12 nitrogen and oxygen atoms in total. The molecular formula is C24H20N6O6. The summed E-state index contributed by atoms with van der Waals surface area (Å²) in [5.74, 6) is 0.302. The van der Waals surface area contributed by atoms with Crippen LogP contribution in [0.3, 0.4) is 0 Å². The number of methoxy groups -OCH3 is 1. The SMILES string of the molecule is COc1cccc2cc(C(=O)NCCn3ncc4c(=O)n(Cc5cccc([N+](=O)[O-])c5)cnc43)oc12. The monoisotopic (exact) mass is 488 g/mol. The first kappa shape index (κ1) is 22.8. The Bertz CT molecular complexity index is 1670. The summed E-state index contributed by atoms with van der Waals surface area (Å²) < 4.78 is 13.8. The predicted octanol–water partition coefficient (Wildman–Crippen LogP) is 2.73. The van der Waals surface area contributed by atoms with E-state index in [0.29, 0.717) is 27.9 Å². The number of fused-ring (bicyclic) bond motifs is 2. The zero-order valence-corrected chi connectivity index (χ0v) is 19.1. The minimum absolute atomic E-state index is 0.0498. The number of aromatic nitrogens is 4. The highest BCUT2D eigenvalue weighted by atomic mass is 16.6. The summed E-state index contributed by atoms with van der Waals surface area (Å²) in [7, 11) is 1.53. The minimum Gasteiger partial charge on any atom is -0.493 e. The number of nitro groups is 1. The van der Waals surface area contributed by atoms with Gasteiger partial charge in [-0.2, -0.15) is 5.10 Å². The zero-order chi connectivity index (χ0) is 25.2. The van der Waals surface area contributed by atoms with Gasteiger partial charge in [0.2, 0.25) is 0 Å². The van der Waals surface area contributed by atoms with Crippen molar-refractivity contribution in [3.63, 3.8) is 0 Å². The highest BCUT2D eigenvalue weighted by Crippen LogP contribution is 2.28. The summed E-state index contributed by atoms with van der Waals surface area (Å²) in [6.45, 7) is 0.634. The molecule has 3 aromatic heterocycles. The third kappa shape index (κ3) is 4.27. The molecule has 36 heavy (non-hydrogen) atoms. The Morgan fingerprint density at radius 1 is 1.22 bits per heavy atom. The van der Waals surface area contributed by atoms with Crippen LogP contribution in [0.5, 0.6) is 5.75 Å². The predicted molar refractivity (Wildman–Crippen MR) is 129 cm³/mol. The number of benzene rings is 2. The summed E-state index contributed by atoms with van der Waals surface area (Å²) in [6, 6.07) is 13.1. The van der Waals surface area contributed by atoms with Crippen molar-refractivity contribution in [2.24, 2.45) is 0 Å². The molecule has 0 saturated carbocycles. The Hall–Kier alpha value is -5.00. The number of carbonyl (C=O) groups excluding carboxylic acids is 1. The molecule has 2 aromatic carbocycles. The number of ether oxygens (including phenoxy) is 1. The zero-order valence-electron chi connectivity index (χ0n) is 19.1. The maximum Gasteiger partial charge on any atom is 0.287 e. The van der Waals surface area contributed by atoms with Crippen molar-refractivity contribution in [2.45, 2.75) is 13.1 Å². The number of rotatable bonds is 8. The Labute approximate surface area is 202 Å². The van der Waals surface area contributed by atoms with Gasteiger partial charge in [0.1, 0.15) is 11.7 Å². The average Bonchev–Trinajstić information content (AvgIpc) is 3.50. The van der Waals surface area contributed by atoms with Gasteiger partial charge in [-0.05, 0) is 17.7 Å². The standard InChI is InChI=1S/C24H20N6O6/c1-35-19-7-3-5-16-11-20(36-21(16)19)23(31)25-8-9-29-22-18(12-27-29)24(32)28(14-26-22)13-15-4-2-6-17(10-15)30(33)34/h2-7,10-12,14H,8-9,13H2,1H3,(H,25,31). The number of hydrogen-bond acceptors (Lipinski definition) is 8. The van der Waals surface area contributed by atoms with Gasteiger partial charge < -0.3 is 14.5 Å². The van der Waals surface area contributed by atoms with E-state index in [0.717, 1.165) is 5.39 Å². The van der Waals surface area contributed by atoms with Crippen LogP contribution < -0.4 is 15.6 Å². The molecule has 1 amide bonds. The highest BCUT2D eigenvalue weighted by molar-refractivity contribution is 5.97. The van der Waals surface area contributed by atoms with E-state index >= 15 is 0 Å². The van der Waals surface area contributed by atoms with Gasteiger partial charge in [0, 0.05) is 24.1 Å². The van der Waals surface area contributed by atoms with Gasteiger partial charge in [-0.25, -0.2) is 9.67 Å².